The van der Waals surface area contributed by atoms with Gasteiger partial charge in [-0.1, -0.05) is 12.1 Å². The van der Waals surface area contributed by atoms with Crippen molar-refractivity contribution in [1.29, 1.82) is 0 Å². The number of hydrogen-bond donors (Lipinski definition) is 2. The zero-order valence-corrected chi connectivity index (χ0v) is 16.4. The molecule has 1 amide bonds. The standard InChI is InChI=1S/C19H24N2O4S/c1-12-7-6-8-17(14(12)3)20-19(22)15(4)21-26(23,24)16-9-10-18(25-5)13(2)11-16/h6-11,15,21H,1-5H3,(H,20,22)/t15-/m1/s1. The van der Waals surface area contributed by atoms with E-state index in [0.29, 0.717) is 17.0 Å². The van der Waals surface area contributed by atoms with Gasteiger partial charge >= 0.3 is 0 Å². The molecule has 26 heavy (non-hydrogen) atoms. The van der Waals surface area contributed by atoms with Crippen LogP contribution in [-0.2, 0) is 14.8 Å². The highest BCUT2D eigenvalue weighted by molar-refractivity contribution is 7.89. The minimum absolute atomic E-state index is 0.0854. The monoisotopic (exact) mass is 376 g/mol. The number of amides is 1. The van der Waals surface area contributed by atoms with Gasteiger partial charge in [-0.25, -0.2) is 8.42 Å². The highest BCUT2D eigenvalue weighted by atomic mass is 32.2. The van der Waals surface area contributed by atoms with E-state index in [0.717, 1.165) is 11.1 Å². The topological polar surface area (TPSA) is 84.5 Å². The molecule has 0 aliphatic carbocycles. The molecule has 0 saturated heterocycles. The Balaban J connectivity index is 2.14. The molecule has 2 aromatic carbocycles. The summed E-state index contributed by atoms with van der Waals surface area (Å²) in [6, 6.07) is 9.19. The number of methoxy groups -OCH3 is 1. The van der Waals surface area contributed by atoms with Gasteiger partial charge in [-0.2, -0.15) is 4.72 Å². The van der Waals surface area contributed by atoms with Gasteiger partial charge in [-0.15, -0.1) is 0 Å². The predicted octanol–water partition coefficient (Wildman–Crippen LogP) is 2.93. The van der Waals surface area contributed by atoms with E-state index in [-0.39, 0.29) is 4.90 Å². The van der Waals surface area contributed by atoms with Crippen LogP contribution in [0.15, 0.2) is 41.3 Å². The highest BCUT2D eigenvalue weighted by Gasteiger charge is 2.23. The van der Waals surface area contributed by atoms with Gasteiger partial charge in [0, 0.05) is 5.69 Å². The number of hydrogen-bond acceptors (Lipinski definition) is 4. The Morgan fingerprint density at radius 1 is 1.08 bits per heavy atom. The first-order chi connectivity index (χ1) is 12.2. The Morgan fingerprint density at radius 2 is 1.77 bits per heavy atom. The lowest BCUT2D eigenvalue weighted by Crippen LogP contribution is -2.41. The van der Waals surface area contributed by atoms with Crippen LogP contribution in [0.5, 0.6) is 5.75 Å². The summed E-state index contributed by atoms with van der Waals surface area (Å²) in [6.07, 6.45) is 0. The van der Waals surface area contributed by atoms with Crippen molar-refractivity contribution >= 4 is 21.6 Å². The summed E-state index contributed by atoms with van der Waals surface area (Å²) in [5.41, 5.74) is 3.36. The van der Waals surface area contributed by atoms with Crippen LogP contribution in [-0.4, -0.2) is 27.5 Å². The van der Waals surface area contributed by atoms with E-state index in [1.165, 1.54) is 26.2 Å². The molecule has 1 atom stereocenters. The molecule has 0 aromatic heterocycles. The first kappa shape index (κ1) is 19.9. The maximum absolute atomic E-state index is 12.5. The van der Waals surface area contributed by atoms with Crippen molar-refractivity contribution in [3.05, 3.63) is 53.1 Å². The van der Waals surface area contributed by atoms with Crippen molar-refractivity contribution in [3.8, 4) is 5.75 Å². The number of ether oxygens (including phenoxy) is 1. The second-order valence-electron chi connectivity index (χ2n) is 6.21. The van der Waals surface area contributed by atoms with E-state index in [4.69, 9.17) is 4.74 Å². The smallest absolute Gasteiger partial charge is 0.242 e. The number of benzene rings is 2. The van der Waals surface area contributed by atoms with Crippen LogP contribution in [0, 0.1) is 20.8 Å². The lowest BCUT2D eigenvalue weighted by atomic mass is 10.1. The zero-order chi connectivity index (χ0) is 19.5. The average molecular weight is 376 g/mol. The van der Waals surface area contributed by atoms with Gasteiger partial charge in [0.25, 0.3) is 0 Å². The molecule has 0 spiro atoms. The minimum Gasteiger partial charge on any atom is -0.496 e. The predicted molar refractivity (Wildman–Crippen MR) is 102 cm³/mol. The largest absolute Gasteiger partial charge is 0.496 e. The van der Waals surface area contributed by atoms with Crippen LogP contribution in [0.3, 0.4) is 0 Å². The fourth-order valence-corrected chi connectivity index (χ4v) is 3.79. The Kier molecular flexibility index (Phi) is 6.05. The van der Waals surface area contributed by atoms with Crippen molar-refractivity contribution in [2.45, 2.75) is 38.6 Å². The maximum Gasteiger partial charge on any atom is 0.242 e. The van der Waals surface area contributed by atoms with Crippen LogP contribution in [0.25, 0.3) is 0 Å². The molecule has 0 saturated carbocycles. The van der Waals surface area contributed by atoms with E-state index >= 15 is 0 Å². The summed E-state index contributed by atoms with van der Waals surface area (Å²) < 4.78 is 32.6. The van der Waals surface area contributed by atoms with Crippen LogP contribution < -0.4 is 14.8 Å². The van der Waals surface area contributed by atoms with E-state index in [2.05, 4.69) is 10.0 Å². The average Bonchev–Trinajstić information content (AvgIpc) is 2.58. The lowest BCUT2D eigenvalue weighted by Gasteiger charge is -2.16. The van der Waals surface area contributed by atoms with Crippen LogP contribution in [0.2, 0.25) is 0 Å². The second-order valence-corrected chi connectivity index (χ2v) is 7.93. The Bertz CT molecular complexity index is 923. The molecule has 7 heteroatoms. The molecule has 0 heterocycles. The SMILES string of the molecule is COc1ccc(S(=O)(=O)N[C@H](C)C(=O)Nc2cccc(C)c2C)cc1C. The number of nitrogens with one attached hydrogen (secondary N) is 2. The molecule has 6 nitrogen and oxygen atoms in total. The Labute approximate surface area is 154 Å². The first-order valence-corrected chi connectivity index (χ1v) is 9.68. The van der Waals surface area contributed by atoms with Gasteiger partial charge in [-0.3, -0.25) is 4.79 Å². The molecule has 2 N–H and O–H groups in total. The zero-order valence-electron chi connectivity index (χ0n) is 15.6. The Hall–Kier alpha value is -2.38. The van der Waals surface area contributed by atoms with Crippen molar-refractivity contribution in [2.75, 3.05) is 12.4 Å². The van der Waals surface area contributed by atoms with Crippen LogP contribution >= 0.6 is 0 Å². The summed E-state index contributed by atoms with van der Waals surface area (Å²) >= 11 is 0. The van der Waals surface area contributed by atoms with Crippen LogP contribution in [0.1, 0.15) is 23.6 Å². The quantitative estimate of drug-likeness (QED) is 0.812. The minimum atomic E-state index is -3.83. The Morgan fingerprint density at radius 3 is 2.38 bits per heavy atom. The molecule has 0 unspecified atom stereocenters. The molecule has 0 aliphatic heterocycles. The molecular weight excluding hydrogens is 352 g/mol. The van der Waals surface area contributed by atoms with Crippen molar-refractivity contribution < 1.29 is 17.9 Å². The summed E-state index contributed by atoms with van der Waals surface area (Å²) in [4.78, 5) is 12.5. The molecular formula is C19H24N2O4S. The van der Waals surface area contributed by atoms with Gasteiger partial charge in [0.05, 0.1) is 18.0 Å². The molecule has 140 valence electrons. The van der Waals surface area contributed by atoms with Crippen LogP contribution in [0.4, 0.5) is 5.69 Å². The van der Waals surface area contributed by atoms with Crippen molar-refractivity contribution in [3.63, 3.8) is 0 Å². The maximum atomic E-state index is 12.5. The number of carbonyl (C=O) groups excluding carboxylic acids is 1. The summed E-state index contributed by atoms with van der Waals surface area (Å²) in [5, 5.41) is 2.77. The van der Waals surface area contributed by atoms with Crippen molar-refractivity contribution in [1.82, 2.24) is 4.72 Å². The van der Waals surface area contributed by atoms with E-state index in [9.17, 15) is 13.2 Å². The third-order valence-corrected chi connectivity index (χ3v) is 5.80. The van der Waals surface area contributed by atoms with Gasteiger partial charge in [-0.05, 0) is 68.7 Å². The van der Waals surface area contributed by atoms with Gasteiger partial charge in [0.15, 0.2) is 0 Å². The van der Waals surface area contributed by atoms with Gasteiger partial charge in [0.2, 0.25) is 15.9 Å². The van der Waals surface area contributed by atoms with E-state index in [1.807, 2.05) is 26.0 Å². The van der Waals surface area contributed by atoms with E-state index in [1.54, 1.807) is 19.1 Å². The first-order valence-electron chi connectivity index (χ1n) is 8.19. The third kappa shape index (κ3) is 4.42. The second kappa shape index (κ2) is 7.88. The molecule has 2 aromatic rings. The normalized spacial score (nSPS) is 12.5. The molecule has 0 bridgehead atoms. The number of aryl methyl sites for hydroxylation is 2. The third-order valence-electron chi connectivity index (χ3n) is 4.26. The number of anilines is 1. The number of sulfonamides is 1. The summed E-state index contributed by atoms with van der Waals surface area (Å²) in [5.74, 6) is 0.178. The van der Waals surface area contributed by atoms with E-state index < -0.39 is 22.0 Å². The fraction of sp³-hybridized carbons (Fsp3) is 0.316. The molecule has 0 fully saturated rings. The highest BCUT2D eigenvalue weighted by Crippen LogP contribution is 2.22. The molecule has 0 aliphatic rings. The van der Waals surface area contributed by atoms with Gasteiger partial charge in [0.1, 0.15) is 5.75 Å². The summed E-state index contributed by atoms with van der Waals surface area (Å²) in [7, 11) is -2.31. The summed E-state index contributed by atoms with van der Waals surface area (Å²) in [6.45, 7) is 7.12. The lowest BCUT2D eigenvalue weighted by molar-refractivity contribution is -0.117. The van der Waals surface area contributed by atoms with Crippen molar-refractivity contribution in [2.24, 2.45) is 0 Å². The number of carbonyl (C=O) groups is 1. The number of rotatable bonds is 6. The van der Waals surface area contributed by atoms with Gasteiger partial charge < -0.3 is 10.1 Å². The fourth-order valence-electron chi connectivity index (χ4n) is 2.50. The molecule has 2 rings (SSSR count). The molecule has 0 radical (unpaired) electrons.